The SMILES string of the molecule is CSCCC(NC(=O)C1CCCN1)C(=O)NC(C)C(=O)N1CCCC1C(=O)O. The fourth-order valence-electron chi connectivity index (χ4n) is 3.60. The van der Waals surface area contributed by atoms with Crippen molar-refractivity contribution in [1.82, 2.24) is 20.9 Å². The second-order valence-corrected chi connectivity index (χ2v) is 8.24. The molecule has 0 aromatic carbocycles. The van der Waals surface area contributed by atoms with Crippen molar-refractivity contribution < 1.29 is 24.3 Å². The van der Waals surface area contributed by atoms with Crippen LogP contribution in [0.15, 0.2) is 0 Å². The third kappa shape index (κ3) is 5.84. The van der Waals surface area contributed by atoms with Gasteiger partial charge in [0.25, 0.3) is 0 Å². The van der Waals surface area contributed by atoms with E-state index in [1.165, 1.54) is 4.90 Å². The molecule has 0 spiro atoms. The Bertz CT molecular complexity index is 597. The van der Waals surface area contributed by atoms with Crippen LogP contribution in [0.4, 0.5) is 0 Å². The lowest BCUT2D eigenvalue weighted by molar-refractivity contribution is -0.149. The van der Waals surface area contributed by atoms with Crippen LogP contribution in [0.5, 0.6) is 0 Å². The van der Waals surface area contributed by atoms with Crippen molar-refractivity contribution >= 4 is 35.5 Å². The largest absolute Gasteiger partial charge is 0.480 e. The summed E-state index contributed by atoms with van der Waals surface area (Å²) in [4.78, 5) is 50.3. The molecule has 2 heterocycles. The summed E-state index contributed by atoms with van der Waals surface area (Å²) < 4.78 is 0. The highest BCUT2D eigenvalue weighted by Crippen LogP contribution is 2.18. The van der Waals surface area contributed by atoms with E-state index in [0.29, 0.717) is 31.6 Å². The molecular weight excluding hydrogens is 384 g/mol. The van der Waals surface area contributed by atoms with E-state index < -0.39 is 35.9 Å². The van der Waals surface area contributed by atoms with Gasteiger partial charge in [-0.25, -0.2) is 4.79 Å². The Kier molecular flexibility index (Phi) is 8.56. The molecule has 2 saturated heterocycles. The van der Waals surface area contributed by atoms with Crippen molar-refractivity contribution in [2.75, 3.05) is 25.1 Å². The number of aliphatic carboxylic acids is 1. The standard InChI is InChI=1S/C18H30N4O5S/c1-11(17(25)22-9-4-6-14(22)18(26)27)20-16(24)13(7-10-28-2)21-15(23)12-5-3-8-19-12/h11-14,19H,3-10H2,1-2H3,(H,20,24)(H,21,23)(H,26,27). The summed E-state index contributed by atoms with van der Waals surface area (Å²) in [5.41, 5.74) is 0. The van der Waals surface area contributed by atoms with Crippen LogP contribution in [0.3, 0.4) is 0 Å². The minimum atomic E-state index is -1.03. The zero-order valence-electron chi connectivity index (χ0n) is 16.4. The summed E-state index contributed by atoms with van der Waals surface area (Å²) in [5.74, 6) is -1.38. The molecule has 10 heteroatoms. The number of likely N-dealkylation sites (tertiary alicyclic amines) is 1. The molecule has 0 aliphatic carbocycles. The van der Waals surface area contributed by atoms with Gasteiger partial charge in [-0.1, -0.05) is 0 Å². The molecule has 158 valence electrons. The second-order valence-electron chi connectivity index (χ2n) is 7.25. The molecule has 0 radical (unpaired) electrons. The van der Waals surface area contributed by atoms with Crippen LogP contribution in [0, 0.1) is 0 Å². The van der Waals surface area contributed by atoms with Gasteiger partial charge in [-0.15, -0.1) is 0 Å². The number of amides is 3. The number of carbonyl (C=O) groups is 4. The number of rotatable bonds is 9. The normalized spacial score (nSPS) is 23.9. The predicted molar refractivity (Wildman–Crippen MR) is 106 cm³/mol. The smallest absolute Gasteiger partial charge is 0.326 e. The third-order valence-corrected chi connectivity index (χ3v) is 5.81. The first kappa shape index (κ1) is 22.5. The summed E-state index contributed by atoms with van der Waals surface area (Å²) in [6.45, 7) is 2.70. The highest BCUT2D eigenvalue weighted by atomic mass is 32.2. The molecule has 2 rings (SSSR count). The van der Waals surface area contributed by atoms with Gasteiger partial charge in [0.15, 0.2) is 0 Å². The summed E-state index contributed by atoms with van der Waals surface area (Å²) in [6.07, 6.45) is 5.08. The lowest BCUT2D eigenvalue weighted by Crippen LogP contribution is -2.56. The molecule has 28 heavy (non-hydrogen) atoms. The lowest BCUT2D eigenvalue weighted by atomic mass is 10.1. The van der Waals surface area contributed by atoms with Crippen LogP contribution in [0.25, 0.3) is 0 Å². The molecule has 4 unspecified atom stereocenters. The predicted octanol–water partition coefficient (Wildman–Crippen LogP) is -0.443. The van der Waals surface area contributed by atoms with Crippen molar-refractivity contribution in [1.29, 1.82) is 0 Å². The summed E-state index contributed by atoms with van der Waals surface area (Å²) in [5, 5.41) is 17.8. The molecule has 9 nitrogen and oxygen atoms in total. The Morgan fingerprint density at radius 2 is 1.96 bits per heavy atom. The molecule has 0 aromatic heterocycles. The zero-order chi connectivity index (χ0) is 20.7. The van der Waals surface area contributed by atoms with E-state index in [4.69, 9.17) is 0 Å². The average molecular weight is 415 g/mol. The van der Waals surface area contributed by atoms with Crippen LogP contribution < -0.4 is 16.0 Å². The molecule has 2 aliphatic heterocycles. The van der Waals surface area contributed by atoms with Crippen LogP contribution in [0.1, 0.15) is 39.0 Å². The maximum atomic E-state index is 12.7. The van der Waals surface area contributed by atoms with E-state index in [1.807, 2.05) is 6.26 Å². The van der Waals surface area contributed by atoms with Crippen molar-refractivity contribution in [3.8, 4) is 0 Å². The molecule has 0 bridgehead atoms. The number of carboxylic acid groups (broad SMARTS) is 1. The van der Waals surface area contributed by atoms with Crippen molar-refractivity contribution in [3.63, 3.8) is 0 Å². The number of thioether (sulfide) groups is 1. The fraction of sp³-hybridized carbons (Fsp3) is 0.778. The Morgan fingerprint density at radius 3 is 2.57 bits per heavy atom. The van der Waals surface area contributed by atoms with Crippen LogP contribution in [-0.2, 0) is 19.2 Å². The molecule has 0 saturated carbocycles. The lowest BCUT2D eigenvalue weighted by Gasteiger charge is -2.27. The number of hydrogen-bond acceptors (Lipinski definition) is 6. The summed E-state index contributed by atoms with van der Waals surface area (Å²) >= 11 is 1.57. The molecule has 0 aromatic rings. The highest BCUT2D eigenvalue weighted by Gasteiger charge is 2.37. The first-order valence-corrected chi connectivity index (χ1v) is 11.1. The number of nitrogens with one attached hydrogen (secondary N) is 3. The van der Waals surface area contributed by atoms with Crippen LogP contribution in [-0.4, -0.2) is 83.0 Å². The molecule has 2 fully saturated rings. The van der Waals surface area contributed by atoms with Gasteiger partial charge in [0.1, 0.15) is 18.1 Å². The summed E-state index contributed by atoms with van der Waals surface area (Å²) in [7, 11) is 0. The fourth-order valence-corrected chi connectivity index (χ4v) is 4.07. The van der Waals surface area contributed by atoms with Gasteiger partial charge in [-0.3, -0.25) is 14.4 Å². The van der Waals surface area contributed by atoms with Gasteiger partial charge in [0.05, 0.1) is 6.04 Å². The quantitative estimate of drug-likeness (QED) is 0.403. The van der Waals surface area contributed by atoms with Gasteiger partial charge in [0.2, 0.25) is 17.7 Å². The van der Waals surface area contributed by atoms with Crippen molar-refractivity contribution in [2.45, 2.75) is 63.2 Å². The third-order valence-electron chi connectivity index (χ3n) is 5.17. The monoisotopic (exact) mass is 414 g/mol. The Morgan fingerprint density at radius 1 is 1.21 bits per heavy atom. The molecular formula is C18H30N4O5S. The molecule has 2 aliphatic rings. The number of nitrogens with zero attached hydrogens (tertiary/aromatic N) is 1. The van der Waals surface area contributed by atoms with Crippen LogP contribution in [0.2, 0.25) is 0 Å². The van der Waals surface area contributed by atoms with E-state index in [-0.39, 0.29) is 11.9 Å². The molecule has 4 atom stereocenters. The average Bonchev–Trinajstić information content (AvgIpc) is 3.35. The van der Waals surface area contributed by atoms with E-state index in [9.17, 15) is 24.3 Å². The number of hydrogen-bond donors (Lipinski definition) is 4. The topological polar surface area (TPSA) is 128 Å². The van der Waals surface area contributed by atoms with Crippen LogP contribution >= 0.6 is 11.8 Å². The minimum absolute atomic E-state index is 0.205. The first-order chi connectivity index (χ1) is 13.3. The number of carbonyl (C=O) groups excluding carboxylic acids is 3. The maximum absolute atomic E-state index is 12.7. The van der Waals surface area contributed by atoms with E-state index in [1.54, 1.807) is 18.7 Å². The Labute approximate surface area is 169 Å². The second kappa shape index (κ2) is 10.7. The summed E-state index contributed by atoms with van der Waals surface area (Å²) in [6, 6.07) is -2.71. The molecule has 4 N–H and O–H groups in total. The number of carboxylic acids is 1. The highest BCUT2D eigenvalue weighted by molar-refractivity contribution is 7.98. The van der Waals surface area contributed by atoms with E-state index in [2.05, 4.69) is 16.0 Å². The van der Waals surface area contributed by atoms with Gasteiger partial charge < -0.3 is 26.0 Å². The Balaban J connectivity index is 1.95. The molecule has 3 amide bonds. The maximum Gasteiger partial charge on any atom is 0.326 e. The van der Waals surface area contributed by atoms with Crippen molar-refractivity contribution in [3.05, 3.63) is 0 Å². The van der Waals surface area contributed by atoms with E-state index in [0.717, 1.165) is 19.4 Å². The Hall–Kier alpha value is -1.81. The van der Waals surface area contributed by atoms with Gasteiger partial charge in [-0.2, -0.15) is 11.8 Å². The van der Waals surface area contributed by atoms with Crippen molar-refractivity contribution in [2.24, 2.45) is 0 Å². The van der Waals surface area contributed by atoms with E-state index >= 15 is 0 Å². The minimum Gasteiger partial charge on any atom is -0.480 e. The van der Waals surface area contributed by atoms with Gasteiger partial charge in [0, 0.05) is 6.54 Å². The zero-order valence-corrected chi connectivity index (χ0v) is 17.2. The van der Waals surface area contributed by atoms with Gasteiger partial charge in [-0.05, 0) is 57.6 Å². The van der Waals surface area contributed by atoms with Gasteiger partial charge >= 0.3 is 5.97 Å². The first-order valence-electron chi connectivity index (χ1n) is 9.71.